The third-order valence-electron chi connectivity index (χ3n) is 4.23. The summed E-state index contributed by atoms with van der Waals surface area (Å²) in [7, 11) is 0. The Morgan fingerprint density at radius 2 is 1.93 bits per heavy atom. The van der Waals surface area contributed by atoms with Crippen LogP contribution in [0.25, 0.3) is 0 Å². The van der Waals surface area contributed by atoms with Crippen molar-refractivity contribution in [2.75, 3.05) is 12.1 Å². The van der Waals surface area contributed by atoms with Gasteiger partial charge >= 0.3 is 23.6 Å². The van der Waals surface area contributed by atoms with Crippen LogP contribution in [0.4, 0.5) is 5.82 Å². The molecule has 12 heteroatoms. The number of aromatic nitrogens is 2. The monoisotopic (exact) mass is 409 g/mol. The molecule has 4 atom stereocenters. The molecule has 1 aromatic heterocycles. The van der Waals surface area contributed by atoms with Gasteiger partial charge in [0, 0.05) is 24.8 Å². The Labute approximate surface area is 164 Å². The van der Waals surface area contributed by atoms with Gasteiger partial charge < -0.3 is 18.9 Å². The van der Waals surface area contributed by atoms with E-state index in [2.05, 4.69) is 4.98 Å². The molecule has 0 radical (unpaired) electrons. The molecule has 0 bridgehead atoms. The number of fused-ring (bicyclic) bond motifs is 1. The highest BCUT2D eigenvalue weighted by Gasteiger charge is 2.51. The van der Waals surface area contributed by atoms with Crippen molar-refractivity contribution in [1.82, 2.24) is 9.55 Å². The third kappa shape index (κ3) is 4.60. The highest BCUT2D eigenvalue weighted by molar-refractivity contribution is 5.92. The van der Waals surface area contributed by atoms with Crippen molar-refractivity contribution >= 4 is 23.7 Å². The molecular formula is C17H19N3O9. The van der Waals surface area contributed by atoms with Crippen LogP contribution in [0.5, 0.6) is 0 Å². The molecule has 2 aliphatic rings. The van der Waals surface area contributed by atoms with Crippen LogP contribution in [-0.4, -0.2) is 57.6 Å². The average Bonchev–Trinajstić information content (AvgIpc) is 3.00. The number of anilines is 1. The summed E-state index contributed by atoms with van der Waals surface area (Å²) in [5.41, 5.74) is 0.917. The molecule has 0 saturated carbocycles. The van der Waals surface area contributed by atoms with E-state index in [1.807, 2.05) is 6.92 Å². The lowest BCUT2D eigenvalue weighted by Gasteiger charge is -2.25. The summed E-state index contributed by atoms with van der Waals surface area (Å²) in [5.74, 6) is -2.21. The molecule has 12 nitrogen and oxygen atoms in total. The first-order valence-electron chi connectivity index (χ1n) is 8.82. The summed E-state index contributed by atoms with van der Waals surface area (Å²) in [6, 6.07) is 1.28. The van der Waals surface area contributed by atoms with Gasteiger partial charge in [0.15, 0.2) is 24.3 Å². The van der Waals surface area contributed by atoms with Crippen molar-refractivity contribution in [1.29, 1.82) is 0 Å². The number of esters is 3. The lowest BCUT2D eigenvalue weighted by atomic mass is 10.1. The SMILES string of the molecule is CCCC(=O)OC[C@H]1O[C@@H](n2ccc(NO)nc2=O)[C@@H]2OC(=O)/C=C\C(=O)O[C@@H]21. The third-order valence-corrected chi connectivity index (χ3v) is 4.23. The summed E-state index contributed by atoms with van der Waals surface area (Å²) in [6.07, 6.45) is -0.681. The second-order valence-corrected chi connectivity index (χ2v) is 6.25. The number of nitrogens with zero attached hydrogens (tertiary/aromatic N) is 2. The van der Waals surface area contributed by atoms with Crippen molar-refractivity contribution < 1.29 is 38.5 Å². The Morgan fingerprint density at radius 1 is 1.24 bits per heavy atom. The fourth-order valence-corrected chi connectivity index (χ4v) is 2.94. The zero-order valence-electron chi connectivity index (χ0n) is 15.3. The van der Waals surface area contributed by atoms with Crippen molar-refractivity contribution in [3.63, 3.8) is 0 Å². The predicted molar refractivity (Wildman–Crippen MR) is 92.6 cm³/mol. The number of carbonyl (C=O) groups excluding carboxylic acids is 3. The molecule has 1 saturated heterocycles. The van der Waals surface area contributed by atoms with Crippen LogP contribution in [0.2, 0.25) is 0 Å². The van der Waals surface area contributed by atoms with Crippen LogP contribution in [0, 0.1) is 0 Å². The number of nitrogens with one attached hydrogen (secondary N) is 1. The highest BCUT2D eigenvalue weighted by Crippen LogP contribution is 2.34. The lowest BCUT2D eigenvalue weighted by Crippen LogP contribution is -2.43. The minimum Gasteiger partial charge on any atom is -0.463 e. The van der Waals surface area contributed by atoms with Gasteiger partial charge in [-0.15, -0.1) is 0 Å². The summed E-state index contributed by atoms with van der Waals surface area (Å²) in [4.78, 5) is 51.4. The molecule has 0 aromatic carbocycles. The number of hydrogen-bond donors (Lipinski definition) is 2. The fourth-order valence-electron chi connectivity index (χ4n) is 2.94. The zero-order chi connectivity index (χ0) is 21.0. The summed E-state index contributed by atoms with van der Waals surface area (Å²) in [5, 5.41) is 8.87. The lowest BCUT2D eigenvalue weighted by molar-refractivity contribution is -0.165. The summed E-state index contributed by atoms with van der Waals surface area (Å²) in [6.45, 7) is 1.54. The van der Waals surface area contributed by atoms with Crippen LogP contribution in [0.15, 0.2) is 29.2 Å². The molecule has 1 aromatic rings. The van der Waals surface area contributed by atoms with E-state index >= 15 is 0 Å². The summed E-state index contributed by atoms with van der Waals surface area (Å²) < 4.78 is 22.5. The fraction of sp³-hybridized carbons (Fsp3) is 0.471. The molecule has 3 rings (SSSR count). The van der Waals surface area contributed by atoms with E-state index in [9.17, 15) is 19.2 Å². The first-order chi connectivity index (χ1) is 13.9. The molecule has 156 valence electrons. The van der Waals surface area contributed by atoms with Gasteiger partial charge in [-0.2, -0.15) is 4.98 Å². The van der Waals surface area contributed by atoms with Crippen LogP contribution in [0.1, 0.15) is 26.0 Å². The van der Waals surface area contributed by atoms with Crippen LogP contribution in [-0.2, 0) is 33.3 Å². The Kier molecular flexibility index (Phi) is 6.24. The van der Waals surface area contributed by atoms with Gasteiger partial charge in [-0.1, -0.05) is 6.92 Å². The second-order valence-electron chi connectivity index (χ2n) is 6.25. The maximum atomic E-state index is 12.3. The zero-order valence-corrected chi connectivity index (χ0v) is 15.3. The summed E-state index contributed by atoms with van der Waals surface area (Å²) >= 11 is 0. The standard InChI is InChI=1S/C17H19N3O9/c1-2-3-11(21)26-8-9-14-15(29-13(23)5-4-12(22)28-14)16(27-9)20-7-6-10(19-25)18-17(20)24/h4-7,9,14-16,25H,2-3,8H2,1H3,(H,18,19,24)/b5-4-/t9-,14-,15-,16-/m1/s1. The van der Waals surface area contributed by atoms with Crippen LogP contribution < -0.4 is 11.2 Å². The molecule has 1 fully saturated rings. The van der Waals surface area contributed by atoms with Crippen LogP contribution >= 0.6 is 0 Å². The van der Waals surface area contributed by atoms with E-state index in [4.69, 9.17) is 24.2 Å². The molecular weight excluding hydrogens is 390 g/mol. The van der Waals surface area contributed by atoms with Gasteiger partial charge in [-0.05, 0) is 12.5 Å². The average molecular weight is 409 g/mol. The molecule has 0 spiro atoms. The highest BCUT2D eigenvalue weighted by atomic mass is 16.7. The van der Waals surface area contributed by atoms with Gasteiger partial charge in [0.1, 0.15) is 12.7 Å². The van der Waals surface area contributed by atoms with E-state index in [0.717, 1.165) is 16.7 Å². The molecule has 2 N–H and O–H groups in total. The Hall–Kier alpha value is -3.25. The second kappa shape index (κ2) is 8.84. The Morgan fingerprint density at radius 3 is 2.55 bits per heavy atom. The molecule has 2 aliphatic heterocycles. The van der Waals surface area contributed by atoms with E-state index in [1.165, 1.54) is 12.3 Å². The minimum atomic E-state index is -1.20. The van der Waals surface area contributed by atoms with Gasteiger partial charge in [0.05, 0.1) is 0 Å². The molecule has 3 heterocycles. The number of hydrogen-bond acceptors (Lipinski definition) is 11. The smallest absolute Gasteiger partial charge is 0.351 e. The van der Waals surface area contributed by atoms with Gasteiger partial charge in [0.25, 0.3) is 0 Å². The van der Waals surface area contributed by atoms with Crippen molar-refractivity contribution in [2.45, 2.75) is 44.3 Å². The van der Waals surface area contributed by atoms with Gasteiger partial charge in [0.2, 0.25) is 0 Å². The normalized spacial score (nSPS) is 27.1. The molecule has 29 heavy (non-hydrogen) atoms. The maximum absolute atomic E-state index is 12.3. The first kappa shape index (κ1) is 20.5. The van der Waals surface area contributed by atoms with Gasteiger partial charge in [-0.3, -0.25) is 20.0 Å². The number of rotatable bonds is 6. The van der Waals surface area contributed by atoms with Crippen LogP contribution in [0.3, 0.4) is 0 Å². The predicted octanol–water partition coefficient (Wildman–Crippen LogP) is -0.321. The molecule has 0 unspecified atom stereocenters. The minimum absolute atomic E-state index is 0.102. The quantitative estimate of drug-likeness (QED) is 0.361. The van der Waals surface area contributed by atoms with Crippen molar-refractivity contribution in [3.05, 3.63) is 34.9 Å². The molecule has 0 amide bonds. The topological polar surface area (TPSA) is 155 Å². The van der Waals surface area contributed by atoms with Crippen molar-refractivity contribution in [3.8, 4) is 0 Å². The van der Waals surface area contributed by atoms with Crippen molar-refractivity contribution in [2.24, 2.45) is 0 Å². The number of carbonyl (C=O) groups is 3. The Bertz CT molecular complexity index is 881. The first-order valence-corrected chi connectivity index (χ1v) is 8.82. The maximum Gasteiger partial charge on any atom is 0.351 e. The largest absolute Gasteiger partial charge is 0.463 e. The Balaban J connectivity index is 1.91. The van der Waals surface area contributed by atoms with Gasteiger partial charge in [-0.25, -0.2) is 14.4 Å². The molecule has 0 aliphatic carbocycles. The number of ether oxygens (including phenoxy) is 4. The van der Waals surface area contributed by atoms with E-state index in [-0.39, 0.29) is 18.8 Å². The van der Waals surface area contributed by atoms with E-state index in [1.54, 1.807) is 5.48 Å². The van der Waals surface area contributed by atoms with E-state index < -0.39 is 48.1 Å². The van der Waals surface area contributed by atoms with E-state index in [0.29, 0.717) is 6.42 Å².